The Labute approximate surface area is 173 Å². The molecule has 29 heavy (non-hydrogen) atoms. The number of methoxy groups -OCH3 is 2. The summed E-state index contributed by atoms with van der Waals surface area (Å²) in [6.07, 6.45) is 0. The molecule has 150 valence electrons. The molecule has 0 radical (unpaired) electrons. The Morgan fingerprint density at radius 2 is 1.66 bits per heavy atom. The van der Waals surface area contributed by atoms with Crippen LogP contribution in [0.3, 0.4) is 0 Å². The monoisotopic (exact) mass is 440 g/mol. The van der Waals surface area contributed by atoms with Crippen LogP contribution in [-0.4, -0.2) is 35.9 Å². The Balaban J connectivity index is 2.48. The standard InChI is InChI=1S/C19H12Cl2F2N2O4/c1-28-18(26)13-16(12-14(21)10(20)8-11(22)15(12)23)24-25(17(13)19(27)29-2)9-6-4-3-5-7-9/h3-8H,1-2H3. The van der Waals surface area contributed by atoms with Crippen LogP contribution in [0, 0.1) is 11.6 Å². The summed E-state index contributed by atoms with van der Waals surface area (Å²) in [5.74, 6) is -4.68. The molecule has 10 heteroatoms. The molecule has 0 spiro atoms. The molecule has 0 unspecified atom stereocenters. The molecule has 0 aliphatic carbocycles. The maximum absolute atomic E-state index is 14.7. The fourth-order valence-electron chi connectivity index (χ4n) is 2.71. The molecule has 0 saturated carbocycles. The molecule has 0 saturated heterocycles. The summed E-state index contributed by atoms with van der Waals surface area (Å²) in [5.41, 5.74) is -1.47. The van der Waals surface area contributed by atoms with E-state index < -0.39 is 40.4 Å². The average molecular weight is 441 g/mol. The molecular weight excluding hydrogens is 429 g/mol. The number of hydrogen-bond donors (Lipinski definition) is 0. The van der Waals surface area contributed by atoms with Crippen molar-refractivity contribution in [2.75, 3.05) is 14.2 Å². The first-order valence-electron chi connectivity index (χ1n) is 8.00. The third-order valence-electron chi connectivity index (χ3n) is 4.00. The van der Waals surface area contributed by atoms with Crippen molar-refractivity contribution in [1.29, 1.82) is 0 Å². The molecule has 0 N–H and O–H groups in total. The van der Waals surface area contributed by atoms with E-state index in [1.54, 1.807) is 30.3 Å². The van der Waals surface area contributed by atoms with Gasteiger partial charge in [0.15, 0.2) is 17.3 Å². The van der Waals surface area contributed by atoms with Crippen LogP contribution < -0.4 is 0 Å². The van der Waals surface area contributed by atoms with E-state index in [0.717, 1.165) is 18.9 Å². The molecule has 1 heterocycles. The van der Waals surface area contributed by atoms with Gasteiger partial charge in [-0.3, -0.25) is 0 Å². The summed E-state index contributed by atoms with van der Waals surface area (Å²) < 4.78 is 39.2. The zero-order valence-corrected chi connectivity index (χ0v) is 16.5. The highest BCUT2D eigenvalue weighted by atomic mass is 35.5. The molecule has 0 bridgehead atoms. The van der Waals surface area contributed by atoms with Crippen LogP contribution >= 0.6 is 23.2 Å². The fourth-order valence-corrected chi connectivity index (χ4v) is 3.13. The number of aromatic nitrogens is 2. The number of ether oxygens (including phenoxy) is 2. The Morgan fingerprint density at radius 1 is 1.03 bits per heavy atom. The van der Waals surface area contributed by atoms with Crippen molar-refractivity contribution < 1.29 is 27.8 Å². The van der Waals surface area contributed by atoms with Gasteiger partial charge in [0.05, 0.1) is 35.5 Å². The predicted octanol–water partition coefficient (Wildman–Crippen LogP) is 4.70. The third kappa shape index (κ3) is 3.56. The van der Waals surface area contributed by atoms with Crippen LogP contribution in [0.4, 0.5) is 8.78 Å². The number of hydrogen-bond acceptors (Lipinski definition) is 5. The predicted molar refractivity (Wildman–Crippen MR) is 102 cm³/mol. The summed E-state index contributed by atoms with van der Waals surface area (Å²) in [6, 6.07) is 8.89. The minimum atomic E-state index is -1.39. The molecule has 1 aromatic heterocycles. The molecule has 0 aliphatic rings. The zero-order chi connectivity index (χ0) is 21.3. The summed E-state index contributed by atoms with van der Waals surface area (Å²) in [6.45, 7) is 0. The second-order valence-corrected chi connectivity index (χ2v) is 6.43. The highest BCUT2D eigenvalue weighted by Gasteiger charge is 2.34. The summed E-state index contributed by atoms with van der Waals surface area (Å²) in [5, 5.41) is 3.47. The normalized spacial score (nSPS) is 10.7. The summed E-state index contributed by atoms with van der Waals surface area (Å²) in [4.78, 5) is 25.0. The lowest BCUT2D eigenvalue weighted by molar-refractivity contribution is 0.0549. The lowest BCUT2D eigenvalue weighted by atomic mass is 10.0. The SMILES string of the molecule is COC(=O)c1c(-c2c(F)c(F)cc(Cl)c2Cl)nn(-c2ccccc2)c1C(=O)OC. The van der Waals surface area contributed by atoms with E-state index in [-0.39, 0.29) is 15.7 Å². The molecule has 6 nitrogen and oxygen atoms in total. The van der Waals surface area contributed by atoms with Gasteiger partial charge in [0, 0.05) is 0 Å². The van der Waals surface area contributed by atoms with E-state index in [1.165, 1.54) is 0 Å². The Kier molecular flexibility index (Phi) is 5.86. The Morgan fingerprint density at radius 3 is 2.24 bits per heavy atom. The lowest BCUT2D eigenvalue weighted by Gasteiger charge is -2.08. The third-order valence-corrected chi connectivity index (χ3v) is 4.79. The minimum Gasteiger partial charge on any atom is -0.465 e. The fraction of sp³-hybridized carbons (Fsp3) is 0.105. The molecule has 0 amide bonds. The number of esters is 2. The van der Waals surface area contributed by atoms with E-state index >= 15 is 0 Å². The average Bonchev–Trinajstić information content (AvgIpc) is 3.12. The summed E-state index contributed by atoms with van der Waals surface area (Å²) in [7, 11) is 2.15. The van der Waals surface area contributed by atoms with Gasteiger partial charge in [0.25, 0.3) is 0 Å². The van der Waals surface area contributed by atoms with Gasteiger partial charge in [-0.15, -0.1) is 0 Å². The number of carbonyl (C=O) groups excluding carboxylic acids is 2. The topological polar surface area (TPSA) is 70.4 Å². The number of benzene rings is 2. The van der Waals surface area contributed by atoms with Gasteiger partial charge in [0.2, 0.25) is 0 Å². The van der Waals surface area contributed by atoms with Gasteiger partial charge in [0.1, 0.15) is 11.3 Å². The first-order valence-corrected chi connectivity index (χ1v) is 8.75. The van der Waals surface area contributed by atoms with E-state index in [1.807, 2.05) is 0 Å². The van der Waals surface area contributed by atoms with E-state index in [4.69, 9.17) is 32.7 Å². The maximum Gasteiger partial charge on any atom is 0.357 e. The van der Waals surface area contributed by atoms with E-state index in [2.05, 4.69) is 5.10 Å². The minimum absolute atomic E-state index is 0.301. The van der Waals surface area contributed by atoms with Crippen molar-refractivity contribution in [1.82, 2.24) is 9.78 Å². The van der Waals surface area contributed by atoms with Gasteiger partial charge in [-0.1, -0.05) is 41.4 Å². The number of rotatable bonds is 4. The van der Waals surface area contributed by atoms with Crippen LogP contribution in [0.2, 0.25) is 10.0 Å². The number of para-hydroxylation sites is 1. The van der Waals surface area contributed by atoms with Crippen molar-refractivity contribution in [2.45, 2.75) is 0 Å². The Bertz CT molecular complexity index is 1090. The van der Waals surface area contributed by atoms with Gasteiger partial charge in [-0.25, -0.2) is 23.1 Å². The number of halogens is 4. The summed E-state index contributed by atoms with van der Waals surface area (Å²) >= 11 is 12.0. The molecule has 3 aromatic rings. The molecular formula is C19H12Cl2F2N2O4. The van der Waals surface area contributed by atoms with Crippen LogP contribution in [0.25, 0.3) is 16.9 Å². The second-order valence-electron chi connectivity index (χ2n) is 5.65. The van der Waals surface area contributed by atoms with E-state index in [9.17, 15) is 18.4 Å². The molecule has 0 atom stereocenters. The molecule has 3 rings (SSSR count). The van der Waals surface area contributed by atoms with Crippen molar-refractivity contribution in [3.63, 3.8) is 0 Å². The highest BCUT2D eigenvalue weighted by molar-refractivity contribution is 6.43. The molecule has 0 aliphatic heterocycles. The van der Waals surface area contributed by atoms with Crippen molar-refractivity contribution in [3.8, 4) is 16.9 Å². The van der Waals surface area contributed by atoms with Crippen LogP contribution in [0.1, 0.15) is 20.8 Å². The van der Waals surface area contributed by atoms with Gasteiger partial charge >= 0.3 is 11.9 Å². The van der Waals surface area contributed by atoms with Crippen molar-refractivity contribution >= 4 is 35.1 Å². The van der Waals surface area contributed by atoms with E-state index in [0.29, 0.717) is 11.8 Å². The molecule has 0 fully saturated rings. The molecule has 2 aromatic carbocycles. The smallest absolute Gasteiger partial charge is 0.357 e. The van der Waals surface area contributed by atoms with Crippen LogP contribution in [-0.2, 0) is 9.47 Å². The maximum atomic E-state index is 14.7. The highest BCUT2D eigenvalue weighted by Crippen LogP contribution is 2.39. The van der Waals surface area contributed by atoms with Gasteiger partial charge < -0.3 is 9.47 Å². The first kappa shape index (κ1) is 20.8. The van der Waals surface area contributed by atoms with Gasteiger partial charge in [-0.2, -0.15) is 5.10 Å². The largest absolute Gasteiger partial charge is 0.465 e. The number of carbonyl (C=O) groups is 2. The second kappa shape index (κ2) is 8.18. The van der Waals surface area contributed by atoms with Gasteiger partial charge in [-0.05, 0) is 18.2 Å². The van der Waals surface area contributed by atoms with Crippen LogP contribution in [0.5, 0.6) is 0 Å². The van der Waals surface area contributed by atoms with Crippen molar-refractivity contribution in [3.05, 3.63) is 69.3 Å². The first-order chi connectivity index (χ1) is 13.8. The quantitative estimate of drug-likeness (QED) is 0.434. The van der Waals surface area contributed by atoms with Crippen LogP contribution in [0.15, 0.2) is 36.4 Å². The zero-order valence-electron chi connectivity index (χ0n) is 15.0. The number of nitrogens with zero attached hydrogens (tertiary/aromatic N) is 2. The lowest BCUT2D eigenvalue weighted by Crippen LogP contribution is -2.15. The van der Waals surface area contributed by atoms with Crippen molar-refractivity contribution in [2.24, 2.45) is 0 Å². The Hall–Kier alpha value is -2.97.